The Morgan fingerprint density at radius 2 is 1.65 bits per heavy atom. The number of ether oxygens (including phenoxy) is 5. The molecule has 0 saturated heterocycles. The molecule has 8 nitrogen and oxygen atoms in total. The predicted molar refractivity (Wildman–Crippen MR) is 123 cm³/mol. The summed E-state index contributed by atoms with van der Waals surface area (Å²) < 4.78 is 26.8. The van der Waals surface area contributed by atoms with E-state index in [-0.39, 0.29) is 6.79 Å². The van der Waals surface area contributed by atoms with Crippen LogP contribution >= 0.6 is 0 Å². The average Bonchev–Trinajstić information content (AvgIpc) is 3.34. The van der Waals surface area contributed by atoms with E-state index < -0.39 is 17.9 Å². The van der Waals surface area contributed by atoms with Gasteiger partial charge >= 0.3 is 11.9 Å². The van der Waals surface area contributed by atoms with E-state index in [4.69, 9.17) is 23.7 Å². The number of methoxy groups -OCH3 is 3. The third kappa shape index (κ3) is 4.31. The Balaban J connectivity index is 1.80. The summed E-state index contributed by atoms with van der Waals surface area (Å²) in [5.41, 5.74) is 3.18. The summed E-state index contributed by atoms with van der Waals surface area (Å²) in [6, 6.07) is 11.3. The third-order valence-corrected chi connectivity index (χ3v) is 5.90. The lowest BCUT2D eigenvalue weighted by Gasteiger charge is -2.31. The first-order valence-corrected chi connectivity index (χ1v) is 10.9. The van der Waals surface area contributed by atoms with Crippen molar-refractivity contribution in [2.24, 2.45) is 0 Å². The molecule has 0 spiro atoms. The maximum atomic E-state index is 12.9. The summed E-state index contributed by atoms with van der Waals surface area (Å²) in [7, 11) is 4.21. The molecule has 0 aromatic heterocycles. The van der Waals surface area contributed by atoms with Crippen LogP contribution in [0.5, 0.6) is 17.2 Å². The topological polar surface area (TPSA) is 83.5 Å². The molecule has 8 heteroatoms. The maximum Gasteiger partial charge on any atom is 0.336 e. The van der Waals surface area contributed by atoms with E-state index in [1.54, 1.807) is 24.4 Å². The Labute approximate surface area is 198 Å². The van der Waals surface area contributed by atoms with Crippen LogP contribution in [0.3, 0.4) is 0 Å². The number of fused-ring (bicyclic) bond motifs is 1. The number of rotatable bonds is 7. The maximum absolute atomic E-state index is 12.9. The molecule has 2 aliphatic rings. The number of carbonyl (C=O) groups is 2. The zero-order valence-corrected chi connectivity index (χ0v) is 19.6. The SMILES string of the molecule is CCc1cccc(C2C(C(=O)OC)=CN(Cc3ccc4c(c3)OCO4)C=C2C(=O)OC)c1OC. The van der Waals surface area contributed by atoms with Crippen molar-refractivity contribution in [1.82, 2.24) is 4.90 Å². The van der Waals surface area contributed by atoms with Crippen LogP contribution < -0.4 is 14.2 Å². The molecule has 4 rings (SSSR count). The molecule has 0 bridgehead atoms. The van der Waals surface area contributed by atoms with Crippen LogP contribution in [-0.2, 0) is 32.0 Å². The summed E-state index contributed by atoms with van der Waals surface area (Å²) >= 11 is 0. The van der Waals surface area contributed by atoms with Crippen LogP contribution in [0.2, 0.25) is 0 Å². The van der Waals surface area contributed by atoms with Gasteiger partial charge in [-0.05, 0) is 29.7 Å². The summed E-state index contributed by atoms with van der Waals surface area (Å²) in [5.74, 6) is 0.168. The lowest BCUT2D eigenvalue weighted by molar-refractivity contribution is -0.137. The molecule has 0 saturated carbocycles. The van der Waals surface area contributed by atoms with Crippen LogP contribution in [0.15, 0.2) is 59.9 Å². The minimum Gasteiger partial charge on any atom is -0.496 e. The fourth-order valence-electron chi connectivity index (χ4n) is 4.32. The number of carbonyl (C=O) groups excluding carboxylic acids is 2. The van der Waals surface area contributed by atoms with Crippen molar-refractivity contribution >= 4 is 11.9 Å². The monoisotopic (exact) mass is 465 g/mol. The summed E-state index contributed by atoms with van der Waals surface area (Å²) in [6.07, 6.45) is 4.13. The smallest absolute Gasteiger partial charge is 0.336 e. The van der Waals surface area contributed by atoms with Crippen LogP contribution in [0.4, 0.5) is 0 Å². The Morgan fingerprint density at radius 3 is 2.26 bits per heavy atom. The van der Waals surface area contributed by atoms with Crippen LogP contribution in [0.25, 0.3) is 0 Å². The van der Waals surface area contributed by atoms with Gasteiger partial charge in [-0.2, -0.15) is 0 Å². The molecule has 0 aliphatic carbocycles. The highest BCUT2D eigenvalue weighted by atomic mass is 16.7. The lowest BCUT2D eigenvalue weighted by Crippen LogP contribution is -2.29. The van der Waals surface area contributed by atoms with Crippen LogP contribution in [0, 0.1) is 0 Å². The van der Waals surface area contributed by atoms with Gasteiger partial charge in [0.1, 0.15) is 5.75 Å². The standard InChI is InChI=1S/C26H27NO7/c1-5-17-7-6-8-18(24(17)30-2)23-19(25(28)31-3)13-27(14-20(23)26(29)32-4)12-16-9-10-21-22(11-16)34-15-33-21/h6-11,13-14,23H,5,12,15H2,1-4H3. The van der Waals surface area contributed by atoms with Gasteiger partial charge in [0.05, 0.1) is 38.4 Å². The van der Waals surface area contributed by atoms with E-state index in [0.717, 1.165) is 17.5 Å². The molecule has 0 amide bonds. The minimum atomic E-state index is -0.714. The van der Waals surface area contributed by atoms with Gasteiger partial charge < -0.3 is 28.6 Å². The number of para-hydroxylation sites is 1. The fourth-order valence-corrected chi connectivity index (χ4v) is 4.32. The third-order valence-electron chi connectivity index (χ3n) is 5.90. The zero-order chi connectivity index (χ0) is 24.2. The number of hydrogen-bond acceptors (Lipinski definition) is 8. The van der Waals surface area contributed by atoms with Crippen molar-refractivity contribution in [1.29, 1.82) is 0 Å². The zero-order valence-electron chi connectivity index (χ0n) is 19.6. The Hall–Kier alpha value is -3.94. The molecule has 2 aliphatic heterocycles. The number of aryl methyl sites for hydroxylation is 1. The van der Waals surface area contributed by atoms with Crippen LogP contribution in [-0.4, -0.2) is 45.0 Å². The van der Waals surface area contributed by atoms with Crippen molar-refractivity contribution in [2.45, 2.75) is 25.8 Å². The fraction of sp³-hybridized carbons (Fsp3) is 0.308. The van der Waals surface area contributed by atoms with E-state index in [2.05, 4.69) is 0 Å². The van der Waals surface area contributed by atoms with E-state index >= 15 is 0 Å². The van der Waals surface area contributed by atoms with Gasteiger partial charge in [-0.15, -0.1) is 0 Å². The molecule has 178 valence electrons. The van der Waals surface area contributed by atoms with Crippen molar-refractivity contribution in [3.8, 4) is 17.2 Å². The first-order chi connectivity index (χ1) is 16.5. The Morgan fingerprint density at radius 1 is 0.971 bits per heavy atom. The highest BCUT2D eigenvalue weighted by Crippen LogP contribution is 2.43. The van der Waals surface area contributed by atoms with Gasteiger partial charge in [0.2, 0.25) is 6.79 Å². The highest BCUT2D eigenvalue weighted by Gasteiger charge is 2.37. The largest absolute Gasteiger partial charge is 0.496 e. The molecule has 0 unspecified atom stereocenters. The van der Waals surface area contributed by atoms with E-state index in [0.29, 0.717) is 40.5 Å². The van der Waals surface area contributed by atoms with E-state index in [1.807, 2.05) is 43.3 Å². The molecule has 0 N–H and O–H groups in total. The summed E-state index contributed by atoms with van der Waals surface area (Å²) in [6.45, 7) is 2.59. The van der Waals surface area contributed by atoms with Crippen molar-refractivity contribution < 1.29 is 33.3 Å². The molecule has 2 aromatic rings. The van der Waals surface area contributed by atoms with Gasteiger partial charge in [0.15, 0.2) is 11.5 Å². The van der Waals surface area contributed by atoms with Gasteiger partial charge in [-0.1, -0.05) is 31.2 Å². The number of nitrogens with zero attached hydrogens (tertiary/aromatic N) is 1. The molecule has 34 heavy (non-hydrogen) atoms. The predicted octanol–water partition coefficient (Wildman–Crippen LogP) is 3.70. The van der Waals surface area contributed by atoms with E-state index in [9.17, 15) is 9.59 Å². The van der Waals surface area contributed by atoms with Crippen molar-refractivity contribution in [3.05, 3.63) is 76.6 Å². The molecule has 2 aromatic carbocycles. The van der Waals surface area contributed by atoms with Gasteiger partial charge in [-0.3, -0.25) is 0 Å². The Bertz CT molecular complexity index is 1130. The minimum absolute atomic E-state index is 0.182. The van der Waals surface area contributed by atoms with Gasteiger partial charge in [0, 0.05) is 24.5 Å². The summed E-state index contributed by atoms with van der Waals surface area (Å²) in [5, 5.41) is 0. The Kier molecular flexibility index (Phi) is 6.77. The van der Waals surface area contributed by atoms with E-state index in [1.165, 1.54) is 14.2 Å². The second kappa shape index (κ2) is 9.91. The molecular weight excluding hydrogens is 438 g/mol. The molecule has 0 atom stereocenters. The molecular formula is C26H27NO7. The van der Waals surface area contributed by atoms with Gasteiger partial charge in [-0.25, -0.2) is 9.59 Å². The number of hydrogen-bond donors (Lipinski definition) is 0. The molecule has 0 fully saturated rings. The van der Waals surface area contributed by atoms with Crippen LogP contribution in [0.1, 0.15) is 29.5 Å². The molecule has 2 heterocycles. The molecule has 0 radical (unpaired) electrons. The first-order valence-electron chi connectivity index (χ1n) is 10.9. The number of esters is 2. The second-order valence-electron chi connectivity index (χ2n) is 7.84. The van der Waals surface area contributed by atoms with Crippen molar-refractivity contribution in [2.75, 3.05) is 28.1 Å². The second-order valence-corrected chi connectivity index (χ2v) is 7.84. The lowest BCUT2D eigenvalue weighted by atomic mass is 9.82. The highest BCUT2D eigenvalue weighted by molar-refractivity contribution is 5.98. The average molecular weight is 466 g/mol. The first kappa shape index (κ1) is 23.2. The quantitative estimate of drug-likeness (QED) is 0.573. The normalized spacial score (nSPS) is 14.9. The number of benzene rings is 2. The summed E-state index contributed by atoms with van der Waals surface area (Å²) in [4.78, 5) is 27.6. The van der Waals surface area contributed by atoms with Crippen molar-refractivity contribution in [3.63, 3.8) is 0 Å². The van der Waals surface area contributed by atoms with Gasteiger partial charge in [0.25, 0.3) is 0 Å².